The number of carbonyl (C=O) groups excluding carboxylic acids is 6. The molecule has 15 heteroatoms. The number of hydrogen-bond donors (Lipinski definition) is 4. The van der Waals surface area contributed by atoms with Crippen molar-refractivity contribution >= 4 is 35.6 Å². The van der Waals surface area contributed by atoms with Crippen molar-refractivity contribution in [2.24, 2.45) is 16.7 Å². The second kappa shape index (κ2) is 16.5. The third-order valence-electron chi connectivity index (χ3n) is 13.5. The number of Topliss-reactive ketones (excluding diaryl/α,β-unsaturated/α-hetero) is 1. The molecule has 1 heterocycles. The molecule has 0 aromatic heterocycles. The van der Waals surface area contributed by atoms with Gasteiger partial charge in [0.05, 0.1) is 35.6 Å². The molecule has 62 heavy (non-hydrogen) atoms. The van der Waals surface area contributed by atoms with Crippen molar-refractivity contribution in [3.63, 3.8) is 0 Å². The fraction of sp³-hybridized carbons (Fsp3) is 0.447. The highest BCUT2D eigenvalue weighted by atomic mass is 16.6. The molecule has 15 nitrogen and oxygen atoms in total. The van der Waals surface area contributed by atoms with Gasteiger partial charge in [-0.1, -0.05) is 80.6 Å². The summed E-state index contributed by atoms with van der Waals surface area (Å²) in [5.74, 6) is -6.84. The maximum Gasteiger partial charge on any atom is 0.338 e. The summed E-state index contributed by atoms with van der Waals surface area (Å²) in [5, 5.41) is 40.2. The number of carbonyl (C=O) groups is 6. The third-order valence-corrected chi connectivity index (χ3v) is 13.5. The minimum absolute atomic E-state index is 0.00289. The molecule has 2 saturated carbocycles. The van der Waals surface area contributed by atoms with Crippen molar-refractivity contribution in [3.05, 3.63) is 119 Å². The van der Waals surface area contributed by atoms with Crippen molar-refractivity contribution in [1.29, 1.82) is 0 Å². The van der Waals surface area contributed by atoms with Crippen LogP contribution in [0.1, 0.15) is 86.7 Å². The summed E-state index contributed by atoms with van der Waals surface area (Å²) in [4.78, 5) is 83.5. The topological polar surface area (TPSA) is 221 Å². The predicted octanol–water partition coefficient (Wildman–Crippen LogP) is 3.74. The molecule has 3 aliphatic carbocycles. The smallest absolute Gasteiger partial charge is 0.338 e. The van der Waals surface area contributed by atoms with Gasteiger partial charge in [0.1, 0.15) is 23.9 Å². The monoisotopic (exact) mass is 853 g/mol. The summed E-state index contributed by atoms with van der Waals surface area (Å²) in [7, 11) is 0. The highest BCUT2D eigenvalue weighted by Gasteiger charge is 2.78. The molecule has 4 N–H and O–H groups in total. The summed E-state index contributed by atoms with van der Waals surface area (Å²) < 4.78 is 30.3. The first-order chi connectivity index (χ1) is 29.3. The maximum absolute atomic E-state index is 15.5. The molecule has 11 atom stereocenters. The van der Waals surface area contributed by atoms with Gasteiger partial charge in [-0.25, -0.2) is 9.59 Å². The lowest BCUT2D eigenvalue weighted by molar-refractivity contribution is -0.346. The van der Waals surface area contributed by atoms with E-state index in [2.05, 4.69) is 5.32 Å². The summed E-state index contributed by atoms with van der Waals surface area (Å²) in [6.07, 6.45) is -10.5. The first-order valence-electron chi connectivity index (χ1n) is 20.5. The summed E-state index contributed by atoms with van der Waals surface area (Å²) in [5.41, 5.74) is -7.02. The van der Waals surface area contributed by atoms with Gasteiger partial charge in [-0.05, 0) is 54.8 Å². The van der Waals surface area contributed by atoms with Crippen molar-refractivity contribution < 1.29 is 67.8 Å². The Morgan fingerprint density at radius 1 is 0.823 bits per heavy atom. The average molecular weight is 854 g/mol. The standard InChI is InChI=1S/C47H51NO14/c1-25-31(60-43(56)36(52)35(28-16-10-7-11-17-28)48-41(54)29-18-12-8-13-19-29)23-47(57)40(61-42(55)30-20-14-9-15-21-30)38-45(6,32(51)22-33-46(38,24-58-33)62-27(3)50)39(53)37(59-26(2)49)34(25)44(47,4)5/h7-21,31-33,35-38,40,51-52,57H,22-24H2,1-6H3,(H,48,54)/t31-,32-,33?,35-,36+,37+,38-,40-,45+,46-,47?/m0/s1. The molecule has 2 bridgehead atoms. The molecule has 1 aliphatic heterocycles. The molecule has 0 radical (unpaired) electrons. The Morgan fingerprint density at radius 2 is 1.40 bits per heavy atom. The molecular formula is C47H51NO14. The number of aliphatic hydroxyl groups is 3. The number of esters is 4. The average Bonchev–Trinajstić information content (AvgIpc) is 3.24. The van der Waals surface area contributed by atoms with E-state index in [1.165, 1.54) is 26.0 Å². The third kappa shape index (κ3) is 7.29. The van der Waals surface area contributed by atoms with Crippen molar-refractivity contribution in [2.75, 3.05) is 6.61 Å². The van der Waals surface area contributed by atoms with E-state index in [4.69, 9.17) is 23.7 Å². The Kier molecular flexibility index (Phi) is 11.8. The number of amides is 1. The lowest BCUT2D eigenvalue weighted by atomic mass is 9.44. The van der Waals surface area contributed by atoms with Crippen molar-refractivity contribution in [2.45, 2.75) is 108 Å². The van der Waals surface area contributed by atoms with Crippen LogP contribution in [-0.2, 0) is 42.9 Å². The van der Waals surface area contributed by atoms with Gasteiger partial charge >= 0.3 is 23.9 Å². The zero-order valence-electron chi connectivity index (χ0n) is 35.2. The van der Waals surface area contributed by atoms with Crippen LogP contribution in [-0.4, -0.2) is 105 Å². The number of aliphatic hydroxyl groups excluding tert-OH is 2. The van der Waals surface area contributed by atoms with E-state index in [9.17, 15) is 39.3 Å². The van der Waals surface area contributed by atoms with Crippen LogP contribution in [0.5, 0.6) is 0 Å². The Morgan fingerprint density at radius 3 is 1.95 bits per heavy atom. The molecule has 1 saturated heterocycles. The number of fused-ring (bicyclic) bond motifs is 5. The number of ketones is 1. The number of rotatable bonds is 10. The van der Waals surface area contributed by atoms with Gasteiger partial charge < -0.3 is 44.3 Å². The van der Waals surface area contributed by atoms with E-state index in [0.717, 1.165) is 13.8 Å². The lowest BCUT2D eigenvalue weighted by Crippen LogP contribution is -2.82. The summed E-state index contributed by atoms with van der Waals surface area (Å²) in [6, 6.07) is 22.9. The first-order valence-corrected chi connectivity index (χ1v) is 20.5. The predicted molar refractivity (Wildman–Crippen MR) is 218 cm³/mol. The van der Waals surface area contributed by atoms with Crippen LogP contribution in [0.3, 0.4) is 0 Å². The summed E-state index contributed by atoms with van der Waals surface area (Å²) in [6.45, 7) is 7.97. The van der Waals surface area contributed by atoms with Gasteiger partial charge in [0.2, 0.25) is 0 Å². The second-order valence-corrected chi connectivity index (χ2v) is 17.4. The van der Waals surface area contributed by atoms with Crippen LogP contribution < -0.4 is 5.32 Å². The molecule has 328 valence electrons. The first kappa shape index (κ1) is 44.3. The normalized spacial score (nSPS) is 31.9. The van der Waals surface area contributed by atoms with Crippen LogP contribution >= 0.6 is 0 Å². The molecule has 2 unspecified atom stereocenters. The SMILES string of the molecule is CC(=O)O[C@H]1C(=O)[C@]2(C)[C@@H](O)CC3OC[C@@]3(OC(C)=O)[C@H]2[C@H](OC(=O)c2ccccc2)C2(O)C[C@H](OC(=O)[C@H](O)[C@@H](NC(=O)c3ccccc3)c3ccccc3)C(C)=C1C2(C)C. The molecule has 0 spiro atoms. The van der Waals surface area contributed by atoms with Crippen LogP contribution in [0.25, 0.3) is 0 Å². The van der Waals surface area contributed by atoms with E-state index in [1.807, 2.05) is 0 Å². The molecule has 3 aromatic rings. The van der Waals surface area contributed by atoms with Crippen LogP contribution in [0.4, 0.5) is 0 Å². The van der Waals surface area contributed by atoms with Gasteiger partial charge in [0.25, 0.3) is 5.91 Å². The van der Waals surface area contributed by atoms with Gasteiger partial charge in [0, 0.05) is 37.7 Å². The number of benzene rings is 3. The minimum atomic E-state index is -2.39. The Hall–Kier alpha value is -5.74. The van der Waals surface area contributed by atoms with Gasteiger partial charge in [-0.15, -0.1) is 0 Å². The van der Waals surface area contributed by atoms with Crippen LogP contribution in [0, 0.1) is 16.7 Å². The number of hydrogen-bond acceptors (Lipinski definition) is 14. The van der Waals surface area contributed by atoms with Gasteiger partial charge in [0.15, 0.2) is 23.6 Å². The fourth-order valence-electron chi connectivity index (χ4n) is 10.2. The zero-order valence-corrected chi connectivity index (χ0v) is 35.2. The van der Waals surface area contributed by atoms with E-state index in [1.54, 1.807) is 92.7 Å². The minimum Gasteiger partial charge on any atom is -0.456 e. The van der Waals surface area contributed by atoms with E-state index in [0.29, 0.717) is 5.56 Å². The number of ether oxygens (including phenoxy) is 5. The second-order valence-electron chi connectivity index (χ2n) is 17.4. The fourth-order valence-corrected chi connectivity index (χ4v) is 10.2. The van der Waals surface area contributed by atoms with Crippen molar-refractivity contribution in [3.8, 4) is 0 Å². The largest absolute Gasteiger partial charge is 0.456 e. The molecule has 7 rings (SSSR count). The maximum atomic E-state index is 15.5. The van der Waals surface area contributed by atoms with Crippen LogP contribution in [0.2, 0.25) is 0 Å². The highest BCUT2D eigenvalue weighted by molar-refractivity contribution is 5.96. The Labute approximate surface area is 358 Å². The van der Waals surface area contributed by atoms with E-state index in [-0.39, 0.29) is 35.3 Å². The molecular weight excluding hydrogens is 803 g/mol. The number of nitrogens with one attached hydrogen (secondary N) is 1. The molecule has 4 aliphatic rings. The van der Waals surface area contributed by atoms with E-state index < -0.39 is 113 Å². The van der Waals surface area contributed by atoms with Crippen LogP contribution in [0.15, 0.2) is 102 Å². The lowest BCUT2D eigenvalue weighted by Gasteiger charge is -2.67. The van der Waals surface area contributed by atoms with Gasteiger partial charge in [-0.2, -0.15) is 0 Å². The highest BCUT2D eigenvalue weighted by Crippen LogP contribution is 2.64. The summed E-state index contributed by atoms with van der Waals surface area (Å²) >= 11 is 0. The van der Waals surface area contributed by atoms with Gasteiger partial charge in [-0.3, -0.25) is 19.2 Å². The Bertz CT molecular complexity index is 2280. The molecule has 3 fully saturated rings. The quantitative estimate of drug-likeness (QED) is 0.130. The van der Waals surface area contributed by atoms with Crippen molar-refractivity contribution in [1.82, 2.24) is 5.32 Å². The van der Waals surface area contributed by atoms with E-state index >= 15 is 4.79 Å². The molecule has 3 aromatic carbocycles. The molecule has 1 amide bonds. The Balaban J connectivity index is 1.39. The zero-order chi connectivity index (χ0) is 44.9.